The monoisotopic (exact) mass is 286 g/mol. The molecule has 1 aliphatic heterocycles. The SMILES string of the molecule is CC(C)=CCCC1=Cc2c(cc(C)c(C=O)c2O)O[C@H]1C. The standard InChI is InChI=1S/C18H22O3/c1-11(2)6-5-7-14-9-15-17(21-13(14)4)8-12(3)16(10-19)18(15)20/h6,8-10,13,20H,5,7H2,1-4H3/t13-/m0/s1. The lowest BCUT2D eigenvalue weighted by molar-refractivity contribution is 0.112. The summed E-state index contributed by atoms with van der Waals surface area (Å²) < 4.78 is 5.90. The molecule has 0 amide bonds. The molecule has 0 radical (unpaired) electrons. The van der Waals surface area contributed by atoms with E-state index in [4.69, 9.17) is 4.74 Å². The molecule has 0 unspecified atom stereocenters. The van der Waals surface area contributed by atoms with Gasteiger partial charge in [0.25, 0.3) is 0 Å². The lowest BCUT2D eigenvalue weighted by Crippen LogP contribution is -2.19. The van der Waals surface area contributed by atoms with Gasteiger partial charge in [0, 0.05) is 0 Å². The minimum atomic E-state index is -0.0102. The first-order chi connectivity index (χ1) is 9.93. The van der Waals surface area contributed by atoms with E-state index in [0.29, 0.717) is 23.2 Å². The van der Waals surface area contributed by atoms with Crippen LogP contribution in [0.4, 0.5) is 0 Å². The molecule has 0 bridgehead atoms. The van der Waals surface area contributed by atoms with E-state index in [1.807, 2.05) is 19.1 Å². The lowest BCUT2D eigenvalue weighted by Gasteiger charge is -2.26. The zero-order valence-corrected chi connectivity index (χ0v) is 13.1. The molecule has 0 saturated carbocycles. The molecule has 3 heteroatoms. The summed E-state index contributed by atoms with van der Waals surface area (Å²) in [5.74, 6) is 0.667. The van der Waals surface area contributed by atoms with Gasteiger partial charge in [-0.1, -0.05) is 11.6 Å². The van der Waals surface area contributed by atoms with Gasteiger partial charge in [-0.05, 0) is 63.8 Å². The van der Waals surface area contributed by atoms with Gasteiger partial charge < -0.3 is 9.84 Å². The number of benzene rings is 1. The first-order valence-electron chi connectivity index (χ1n) is 7.26. The highest BCUT2D eigenvalue weighted by Gasteiger charge is 2.23. The van der Waals surface area contributed by atoms with Gasteiger partial charge in [-0.2, -0.15) is 0 Å². The van der Waals surface area contributed by atoms with E-state index in [0.717, 1.165) is 24.0 Å². The molecule has 1 N–H and O–H groups in total. The number of ether oxygens (including phenoxy) is 1. The fraction of sp³-hybridized carbons (Fsp3) is 0.389. The Morgan fingerprint density at radius 2 is 2.14 bits per heavy atom. The Kier molecular flexibility index (Phi) is 4.51. The van der Waals surface area contributed by atoms with Crippen molar-refractivity contribution in [3.8, 4) is 11.5 Å². The second-order valence-electron chi connectivity index (χ2n) is 5.78. The van der Waals surface area contributed by atoms with Crippen LogP contribution in [0.5, 0.6) is 11.5 Å². The number of hydrogen-bond donors (Lipinski definition) is 1. The Balaban J connectivity index is 2.38. The Morgan fingerprint density at radius 1 is 1.43 bits per heavy atom. The van der Waals surface area contributed by atoms with Gasteiger partial charge in [0.05, 0.1) is 11.1 Å². The summed E-state index contributed by atoms with van der Waals surface area (Å²) in [7, 11) is 0. The number of allylic oxidation sites excluding steroid dienone is 2. The summed E-state index contributed by atoms with van der Waals surface area (Å²) in [6.45, 7) is 7.97. The van der Waals surface area contributed by atoms with Crippen LogP contribution in [0.3, 0.4) is 0 Å². The Bertz CT molecular complexity index is 620. The Hall–Kier alpha value is -2.03. The first-order valence-corrected chi connectivity index (χ1v) is 7.26. The van der Waals surface area contributed by atoms with Crippen LogP contribution in [-0.4, -0.2) is 17.5 Å². The predicted octanol–water partition coefficient (Wildman–Crippen LogP) is 4.42. The molecule has 0 saturated heterocycles. The highest BCUT2D eigenvalue weighted by Crippen LogP contribution is 2.40. The molecule has 0 spiro atoms. The van der Waals surface area contributed by atoms with E-state index < -0.39 is 0 Å². The number of carbonyl (C=O) groups is 1. The molecule has 1 heterocycles. The van der Waals surface area contributed by atoms with E-state index in [9.17, 15) is 9.90 Å². The molecule has 21 heavy (non-hydrogen) atoms. The van der Waals surface area contributed by atoms with Crippen molar-refractivity contribution in [3.63, 3.8) is 0 Å². The zero-order chi connectivity index (χ0) is 15.6. The van der Waals surface area contributed by atoms with Gasteiger partial charge in [-0.25, -0.2) is 0 Å². The smallest absolute Gasteiger partial charge is 0.154 e. The third-order valence-electron chi connectivity index (χ3n) is 3.81. The van der Waals surface area contributed by atoms with E-state index in [2.05, 4.69) is 19.9 Å². The van der Waals surface area contributed by atoms with Gasteiger partial charge >= 0.3 is 0 Å². The van der Waals surface area contributed by atoms with Crippen molar-refractivity contribution in [3.05, 3.63) is 40.0 Å². The van der Waals surface area contributed by atoms with E-state index in [-0.39, 0.29) is 11.9 Å². The highest BCUT2D eigenvalue weighted by molar-refractivity contribution is 5.86. The van der Waals surface area contributed by atoms with Crippen molar-refractivity contribution < 1.29 is 14.6 Å². The number of phenolic OH excluding ortho intramolecular Hbond substituents is 1. The maximum atomic E-state index is 11.1. The predicted molar refractivity (Wildman–Crippen MR) is 85.0 cm³/mol. The molecule has 2 rings (SSSR count). The second kappa shape index (κ2) is 6.17. The third-order valence-corrected chi connectivity index (χ3v) is 3.81. The van der Waals surface area contributed by atoms with Crippen LogP contribution in [0.1, 0.15) is 55.1 Å². The average Bonchev–Trinajstić information content (AvgIpc) is 2.40. The van der Waals surface area contributed by atoms with Crippen LogP contribution in [-0.2, 0) is 0 Å². The fourth-order valence-corrected chi connectivity index (χ4v) is 2.56. The quantitative estimate of drug-likeness (QED) is 0.658. The molecule has 0 aliphatic carbocycles. The van der Waals surface area contributed by atoms with Crippen LogP contribution in [0.25, 0.3) is 6.08 Å². The molecule has 112 valence electrons. The number of fused-ring (bicyclic) bond motifs is 1. The fourth-order valence-electron chi connectivity index (χ4n) is 2.56. The number of rotatable bonds is 4. The highest BCUT2D eigenvalue weighted by atomic mass is 16.5. The van der Waals surface area contributed by atoms with E-state index >= 15 is 0 Å². The normalized spacial score (nSPS) is 16.6. The first kappa shape index (κ1) is 15.4. The Morgan fingerprint density at radius 3 is 2.76 bits per heavy atom. The summed E-state index contributed by atoms with van der Waals surface area (Å²) in [6.07, 6.45) is 6.67. The molecule has 3 nitrogen and oxygen atoms in total. The molecular weight excluding hydrogens is 264 g/mol. The molecule has 0 aromatic heterocycles. The van der Waals surface area contributed by atoms with Crippen molar-refractivity contribution in [2.75, 3.05) is 0 Å². The van der Waals surface area contributed by atoms with Gasteiger partial charge in [-0.15, -0.1) is 0 Å². The molecule has 1 aliphatic rings. The maximum Gasteiger partial charge on any atom is 0.154 e. The summed E-state index contributed by atoms with van der Waals surface area (Å²) in [4.78, 5) is 11.1. The topological polar surface area (TPSA) is 46.5 Å². The molecule has 1 aromatic carbocycles. The van der Waals surface area contributed by atoms with Crippen LogP contribution in [0.15, 0.2) is 23.3 Å². The largest absolute Gasteiger partial charge is 0.506 e. The maximum absolute atomic E-state index is 11.1. The molecule has 0 fully saturated rings. The van der Waals surface area contributed by atoms with Crippen molar-refractivity contribution in [1.82, 2.24) is 0 Å². The zero-order valence-electron chi connectivity index (χ0n) is 13.1. The third kappa shape index (κ3) is 3.18. The average molecular weight is 286 g/mol. The van der Waals surface area contributed by atoms with Crippen LogP contribution in [0, 0.1) is 6.92 Å². The summed E-state index contributed by atoms with van der Waals surface area (Å²) in [6, 6.07) is 1.82. The molecule has 1 aromatic rings. The van der Waals surface area contributed by atoms with E-state index in [1.165, 1.54) is 5.57 Å². The van der Waals surface area contributed by atoms with Crippen LogP contribution >= 0.6 is 0 Å². The lowest BCUT2D eigenvalue weighted by atomic mass is 9.94. The van der Waals surface area contributed by atoms with Crippen LogP contribution in [0.2, 0.25) is 0 Å². The Labute approximate surface area is 125 Å². The number of aldehydes is 1. The number of carbonyl (C=O) groups excluding carboxylic acids is 1. The summed E-state index contributed by atoms with van der Waals surface area (Å²) in [5.41, 5.74) is 4.12. The minimum Gasteiger partial charge on any atom is -0.506 e. The summed E-state index contributed by atoms with van der Waals surface area (Å²) >= 11 is 0. The number of phenols is 1. The number of hydrogen-bond acceptors (Lipinski definition) is 3. The summed E-state index contributed by atoms with van der Waals surface area (Å²) in [5, 5.41) is 10.3. The van der Waals surface area contributed by atoms with Crippen molar-refractivity contribution in [1.29, 1.82) is 0 Å². The molecule has 1 atom stereocenters. The van der Waals surface area contributed by atoms with Crippen LogP contribution < -0.4 is 4.74 Å². The number of aryl methyl sites for hydroxylation is 1. The minimum absolute atomic E-state index is 0.0102. The van der Waals surface area contributed by atoms with E-state index in [1.54, 1.807) is 6.92 Å². The molecular formula is C18H22O3. The van der Waals surface area contributed by atoms with Gasteiger partial charge in [0.2, 0.25) is 0 Å². The van der Waals surface area contributed by atoms with Gasteiger partial charge in [-0.3, -0.25) is 4.79 Å². The number of aromatic hydroxyl groups is 1. The van der Waals surface area contributed by atoms with Crippen molar-refractivity contribution >= 4 is 12.4 Å². The van der Waals surface area contributed by atoms with Gasteiger partial charge in [0.1, 0.15) is 17.6 Å². The van der Waals surface area contributed by atoms with Crippen molar-refractivity contribution in [2.45, 2.75) is 46.6 Å². The van der Waals surface area contributed by atoms with Crippen molar-refractivity contribution in [2.24, 2.45) is 0 Å². The second-order valence-corrected chi connectivity index (χ2v) is 5.78. The van der Waals surface area contributed by atoms with Gasteiger partial charge in [0.15, 0.2) is 6.29 Å².